The van der Waals surface area contributed by atoms with Crippen LogP contribution in [0.1, 0.15) is 21.6 Å². The largest absolute Gasteiger partial charge is 0.276 e. The molecule has 1 rings (SSSR count). The van der Waals surface area contributed by atoms with Crippen LogP contribution in [0.5, 0.6) is 0 Å². The Bertz CT molecular complexity index is 371. The van der Waals surface area contributed by atoms with Crippen LogP contribution in [0.2, 0.25) is 0 Å². The number of rotatable bonds is 3. The quantitative estimate of drug-likeness (QED) is 0.691. The maximum Gasteiger partial charge on any atom is 0.253 e. The summed E-state index contributed by atoms with van der Waals surface area (Å²) in [6.07, 6.45) is 4.61. The molecule has 0 amide bonds. The Morgan fingerprint density at radius 3 is 2.62 bits per heavy atom. The fourth-order valence-corrected chi connectivity index (χ4v) is 1.20. The molecule has 0 aliphatic heterocycles. The number of carbonyl (C=O) groups excluding carboxylic acids is 1. The third-order valence-corrected chi connectivity index (χ3v) is 1.83. The van der Waals surface area contributed by atoms with Crippen LogP contribution in [0.25, 0.3) is 12.2 Å². The van der Waals surface area contributed by atoms with Gasteiger partial charge in [-0.3, -0.25) is 9.78 Å². The van der Waals surface area contributed by atoms with Gasteiger partial charge in [-0.1, -0.05) is 19.2 Å². The van der Waals surface area contributed by atoms with E-state index in [2.05, 4.69) is 18.1 Å². The highest BCUT2D eigenvalue weighted by molar-refractivity contribution is 6.68. The van der Waals surface area contributed by atoms with Crippen LogP contribution in [0.15, 0.2) is 25.4 Å². The van der Waals surface area contributed by atoms with Crippen LogP contribution < -0.4 is 0 Å². The lowest BCUT2D eigenvalue weighted by molar-refractivity contribution is 0.108. The molecule has 0 aromatic carbocycles. The Hall–Kier alpha value is -1.41. The van der Waals surface area contributed by atoms with Crippen molar-refractivity contribution in [2.45, 2.75) is 0 Å². The molecular weight excluding hydrogens is 186 g/mol. The SMILES string of the molecule is C=Cc1nccc(C(=O)Cl)c1C=C. The number of hydrogen-bond acceptors (Lipinski definition) is 2. The molecule has 0 unspecified atom stereocenters. The molecule has 0 atom stereocenters. The normalized spacial score (nSPS) is 9.31. The lowest BCUT2D eigenvalue weighted by Gasteiger charge is -2.03. The van der Waals surface area contributed by atoms with Crippen molar-refractivity contribution < 1.29 is 4.79 Å². The van der Waals surface area contributed by atoms with Crippen LogP contribution in [-0.2, 0) is 0 Å². The van der Waals surface area contributed by atoms with Gasteiger partial charge in [-0.2, -0.15) is 0 Å². The lowest BCUT2D eigenvalue weighted by Crippen LogP contribution is -1.97. The number of nitrogens with zero attached hydrogens (tertiary/aromatic N) is 1. The zero-order valence-electron chi connectivity index (χ0n) is 6.96. The highest BCUT2D eigenvalue weighted by atomic mass is 35.5. The van der Waals surface area contributed by atoms with Gasteiger partial charge in [0.2, 0.25) is 0 Å². The molecule has 0 bridgehead atoms. The second-order valence-electron chi connectivity index (χ2n) is 2.34. The van der Waals surface area contributed by atoms with Crippen LogP contribution >= 0.6 is 11.6 Å². The zero-order chi connectivity index (χ0) is 9.84. The molecular formula is C10H8ClNO. The van der Waals surface area contributed by atoms with Gasteiger partial charge >= 0.3 is 0 Å². The van der Waals surface area contributed by atoms with E-state index in [4.69, 9.17) is 11.6 Å². The molecule has 13 heavy (non-hydrogen) atoms. The number of aromatic nitrogens is 1. The molecule has 2 nitrogen and oxygen atoms in total. The Morgan fingerprint density at radius 2 is 2.15 bits per heavy atom. The van der Waals surface area contributed by atoms with E-state index < -0.39 is 5.24 Å². The highest BCUT2D eigenvalue weighted by Gasteiger charge is 2.09. The summed E-state index contributed by atoms with van der Waals surface area (Å²) in [5, 5.41) is -0.514. The van der Waals surface area contributed by atoms with Crippen molar-refractivity contribution in [2.24, 2.45) is 0 Å². The van der Waals surface area contributed by atoms with Crippen molar-refractivity contribution in [1.29, 1.82) is 0 Å². The summed E-state index contributed by atoms with van der Waals surface area (Å²) in [6, 6.07) is 1.55. The topological polar surface area (TPSA) is 30.0 Å². The molecule has 0 saturated carbocycles. The van der Waals surface area contributed by atoms with Gasteiger partial charge in [-0.15, -0.1) is 0 Å². The van der Waals surface area contributed by atoms with E-state index in [-0.39, 0.29) is 0 Å². The molecule has 0 aliphatic rings. The summed E-state index contributed by atoms with van der Waals surface area (Å²) in [7, 11) is 0. The molecule has 1 heterocycles. The van der Waals surface area contributed by atoms with E-state index in [1.807, 2.05) is 0 Å². The van der Waals surface area contributed by atoms with Crippen LogP contribution in [0.3, 0.4) is 0 Å². The van der Waals surface area contributed by atoms with E-state index in [1.165, 1.54) is 6.20 Å². The van der Waals surface area contributed by atoms with Crippen LogP contribution in [0.4, 0.5) is 0 Å². The summed E-state index contributed by atoms with van der Waals surface area (Å²) in [4.78, 5) is 15.0. The Balaban J connectivity index is 3.43. The zero-order valence-corrected chi connectivity index (χ0v) is 7.71. The molecule has 0 aliphatic carbocycles. The molecule has 0 spiro atoms. The monoisotopic (exact) mass is 193 g/mol. The average molecular weight is 194 g/mol. The van der Waals surface area contributed by atoms with E-state index in [9.17, 15) is 4.79 Å². The van der Waals surface area contributed by atoms with Crippen molar-refractivity contribution in [2.75, 3.05) is 0 Å². The first-order valence-corrected chi connectivity index (χ1v) is 4.02. The smallest absolute Gasteiger partial charge is 0.253 e. The van der Waals surface area contributed by atoms with Gasteiger partial charge in [0.15, 0.2) is 0 Å². The second-order valence-corrected chi connectivity index (χ2v) is 2.68. The van der Waals surface area contributed by atoms with Crippen molar-refractivity contribution >= 4 is 29.0 Å². The molecule has 3 heteroatoms. The van der Waals surface area contributed by atoms with Crippen LogP contribution in [0, 0.1) is 0 Å². The molecule has 0 N–H and O–H groups in total. The summed E-state index contributed by atoms with van der Waals surface area (Å²) in [5.74, 6) is 0. The van der Waals surface area contributed by atoms with Crippen molar-refractivity contribution in [3.05, 3.63) is 42.2 Å². The third-order valence-electron chi connectivity index (χ3n) is 1.63. The van der Waals surface area contributed by atoms with E-state index in [0.717, 1.165) is 0 Å². The fraction of sp³-hybridized carbons (Fsp3) is 0. The van der Waals surface area contributed by atoms with E-state index in [0.29, 0.717) is 16.8 Å². The van der Waals surface area contributed by atoms with Gasteiger partial charge < -0.3 is 0 Å². The molecule has 0 fully saturated rings. The maximum absolute atomic E-state index is 10.9. The van der Waals surface area contributed by atoms with Crippen molar-refractivity contribution in [3.63, 3.8) is 0 Å². The first-order chi connectivity index (χ1) is 6.20. The van der Waals surface area contributed by atoms with Gasteiger partial charge in [0.1, 0.15) is 0 Å². The first kappa shape index (κ1) is 9.68. The maximum atomic E-state index is 10.9. The fourth-order valence-electron chi connectivity index (χ4n) is 1.04. The van der Waals surface area contributed by atoms with Gasteiger partial charge in [0.25, 0.3) is 5.24 Å². The van der Waals surface area contributed by atoms with Gasteiger partial charge in [-0.05, 0) is 23.7 Å². The van der Waals surface area contributed by atoms with Crippen molar-refractivity contribution in [1.82, 2.24) is 4.98 Å². The van der Waals surface area contributed by atoms with Crippen LogP contribution in [-0.4, -0.2) is 10.2 Å². The highest BCUT2D eigenvalue weighted by Crippen LogP contribution is 2.16. The minimum atomic E-state index is -0.514. The first-order valence-electron chi connectivity index (χ1n) is 3.64. The number of halogens is 1. The molecule has 1 aromatic rings. The summed E-state index contributed by atoms with van der Waals surface area (Å²) < 4.78 is 0. The number of pyridine rings is 1. The second kappa shape index (κ2) is 4.01. The lowest BCUT2D eigenvalue weighted by atomic mass is 10.1. The van der Waals surface area contributed by atoms with Gasteiger partial charge in [-0.25, -0.2) is 0 Å². The molecule has 66 valence electrons. The molecule has 0 saturated heterocycles. The Labute approximate surface area is 81.6 Å². The van der Waals surface area contributed by atoms with Gasteiger partial charge in [0.05, 0.1) is 5.69 Å². The summed E-state index contributed by atoms with van der Waals surface area (Å²) in [5.41, 5.74) is 1.64. The summed E-state index contributed by atoms with van der Waals surface area (Å²) >= 11 is 5.37. The van der Waals surface area contributed by atoms with Gasteiger partial charge in [0, 0.05) is 17.3 Å². The number of hydrogen-bond donors (Lipinski definition) is 0. The molecule has 1 aromatic heterocycles. The predicted molar refractivity (Wildman–Crippen MR) is 54.6 cm³/mol. The van der Waals surface area contributed by atoms with E-state index >= 15 is 0 Å². The Morgan fingerprint density at radius 1 is 1.46 bits per heavy atom. The van der Waals surface area contributed by atoms with Crippen molar-refractivity contribution in [3.8, 4) is 0 Å². The average Bonchev–Trinajstić information content (AvgIpc) is 2.16. The van der Waals surface area contributed by atoms with E-state index in [1.54, 1.807) is 18.2 Å². The minimum Gasteiger partial charge on any atom is -0.276 e. The molecule has 0 radical (unpaired) electrons. The minimum absolute atomic E-state index is 0.404. The standard InChI is InChI=1S/C10H8ClNO/c1-3-7-8(10(11)13)5-6-12-9(7)4-2/h3-6H,1-2H2. The Kier molecular flexibility index (Phi) is 2.98. The summed E-state index contributed by atoms with van der Waals surface area (Å²) in [6.45, 7) is 7.16. The predicted octanol–water partition coefficient (Wildman–Crippen LogP) is 2.75. The third kappa shape index (κ3) is 1.84. The number of carbonyl (C=O) groups is 1.